The number of ether oxygens (including phenoxy) is 1. The fourth-order valence-corrected chi connectivity index (χ4v) is 1.34. The smallest absolute Gasteiger partial charge is 0.434 e. The van der Waals surface area contributed by atoms with Crippen LogP contribution in [0.4, 0.5) is 26.3 Å². The standard InChI is InChI=1S/C9H4ClF6NO3/c10-4-3(6(18)19)1-2-17-5(4)20-7(8(11,12)13)9(14,15)16/h1-2,7H,(H,18,19). The van der Waals surface area contributed by atoms with Crippen LogP contribution in [0, 0.1) is 0 Å². The van der Waals surface area contributed by atoms with Crippen molar-refractivity contribution in [2.75, 3.05) is 0 Å². The van der Waals surface area contributed by atoms with Gasteiger partial charge in [0, 0.05) is 6.20 Å². The number of hydrogen-bond donors (Lipinski definition) is 1. The van der Waals surface area contributed by atoms with Gasteiger partial charge in [-0.3, -0.25) is 0 Å². The lowest BCUT2D eigenvalue weighted by Gasteiger charge is -2.23. The SMILES string of the molecule is O=C(O)c1ccnc(OC(C(F)(F)F)C(F)(F)F)c1Cl. The predicted octanol–water partition coefficient (Wildman–Crippen LogP) is 3.31. The van der Waals surface area contributed by atoms with Crippen LogP contribution in [0.15, 0.2) is 12.3 Å². The van der Waals surface area contributed by atoms with Crippen LogP contribution in [-0.2, 0) is 0 Å². The van der Waals surface area contributed by atoms with E-state index in [4.69, 9.17) is 16.7 Å². The van der Waals surface area contributed by atoms with Gasteiger partial charge in [-0.1, -0.05) is 11.6 Å². The van der Waals surface area contributed by atoms with Crippen molar-refractivity contribution in [1.29, 1.82) is 0 Å². The highest BCUT2D eigenvalue weighted by Crippen LogP contribution is 2.38. The monoisotopic (exact) mass is 323 g/mol. The lowest BCUT2D eigenvalue weighted by Crippen LogP contribution is -2.46. The summed E-state index contributed by atoms with van der Waals surface area (Å²) in [5.41, 5.74) is -0.736. The molecule has 0 atom stereocenters. The van der Waals surface area contributed by atoms with Gasteiger partial charge >= 0.3 is 18.3 Å². The first-order valence-electron chi connectivity index (χ1n) is 4.62. The zero-order valence-electron chi connectivity index (χ0n) is 9.09. The molecule has 1 N–H and O–H groups in total. The summed E-state index contributed by atoms with van der Waals surface area (Å²) in [6.45, 7) is 0. The van der Waals surface area contributed by atoms with Crippen LogP contribution in [-0.4, -0.2) is 34.5 Å². The molecule has 0 radical (unpaired) electrons. The zero-order valence-corrected chi connectivity index (χ0v) is 9.84. The van der Waals surface area contributed by atoms with Crippen molar-refractivity contribution < 1.29 is 41.0 Å². The molecule has 0 fully saturated rings. The average molecular weight is 324 g/mol. The molecule has 0 saturated heterocycles. The van der Waals surface area contributed by atoms with Gasteiger partial charge in [-0.05, 0) is 6.07 Å². The van der Waals surface area contributed by atoms with Crippen LogP contribution in [0.3, 0.4) is 0 Å². The lowest BCUT2D eigenvalue weighted by molar-refractivity contribution is -0.300. The minimum Gasteiger partial charge on any atom is -0.478 e. The van der Waals surface area contributed by atoms with Crippen molar-refractivity contribution in [2.24, 2.45) is 0 Å². The third kappa shape index (κ3) is 3.65. The Morgan fingerprint density at radius 2 is 1.75 bits per heavy atom. The highest BCUT2D eigenvalue weighted by atomic mass is 35.5. The number of rotatable bonds is 3. The molecule has 20 heavy (non-hydrogen) atoms. The molecule has 1 aromatic heterocycles. The molecule has 0 saturated carbocycles. The molecule has 0 bridgehead atoms. The Hall–Kier alpha value is -1.71. The first-order valence-corrected chi connectivity index (χ1v) is 5.00. The van der Waals surface area contributed by atoms with E-state index in [1.54, 1.807) is 0 Å². The maximum atomic E-state index is 12.3. The summed E-state index contributed by atoms with van der Waals surface area (Å²) in [5, 5.41) is 7.67. The molecule has 1 aromatic rings. The highest BCUT2D eigenvalue weighted by molar-refractivity contribution is 6.34. The molecule has 0 aliphatic carbocycles. The van der Waals surface area contributed by atoms with Crippen LogP contribution in [0.1, 0.15) is 10.4 Å². The maximum absolute atomic E-state index is 12.3. The van der Waals surface area contributed by atoms with Crippen LogP contribution >= 0.6 is 11.6 Å². The summed E-state index contributed by atoms with van der Waals surface area (Å²) in [4.78, 5) is 13.7. The van der Waals surface area contributed by atoms with Gasteiger partial charge in [0.15, 0.2) is 0 Å². The van der Waals surface area contributed by atoms with Crippen molar-refractivity contribution in [3.63, 3.8) is 0 Å². The number of carboxylic acid groups (broad SMARTS) is 1. The van der Waals surface area contributed by atoms with Gasteiger partial charge in [0.05, 0.1) is 5.56 Å². The Morgan fingerprint density at radius 3 is 2.15 bits per heavy atom. The number of alkyl halides is 6. The van der Waals surface area contributed by atoms with Gasteiger partial charge in [-0.2, -0.15) is 26.3 Å². The van der Waals surface area contributed by atoms with E-state index in [9.17, 15) is 31.1 Å². The first-order chi connectivity index (χ1) is 8.94. The summed E-state index contributed by atoms with van der Waals surface area (Å²) < 4.78 is 77.3. The predicted molar refractivity (Wildman–Crippen MR) is 52.7 cm³/mol. The van der Waals surface area contributed by atoms with Crippen LogP contribution in [0.2, 0.25) is 5.02 Å². The molecule has 4 nitrogen and oxygen atoms in total. The number of hydrogen-bond acceptors (Lipinski definition) is 3. The molecule has 0 aromatic carbocycles. The summed E-state index contributed by atoms with van der Waals surface area (Å²) >= 11 is 5.34. The quantitative estimate of drug-likeness (QED) is 0.867. The molecule has 1 heterocycles. The number of aromatic carboxylic acids is 1. The third-order valence-electron chi connectivity index (χ3n) is 1.91. The summed E-state index contributed by atoms with van der Waals surface area (Å²) in [6, 6.07) is 0.799. The minimum absolute atomic E-state index is 0.661. The number of pyridine rings is 1. The second-order valence-electron chi connectivity index (χ2n) is 3.36. The number of carboxylic acids is 1. The lowest BCUT2D eigenvalue weighted by atomic mass is 10.2. The average Bonchev–Trinajstić information content (AvgIpc) is 2.23. The molecular formula is C9H4ClF6NO3. The van der Waals surface area contributed by atoms with E-state index < -0.39 is 40.9 Å². The van der Waals surface area contributed by atoms with E-state index in [1.165, 1.54) is 0 Å². The van der Waals surface area contributed by atoms with Crippen molar-refractivity contribution in [3.05, 3.63) is 22.8 Å². The van der Waals surface area contributed by atoms with E-state index in [-0.39, 0.29) is 0 Å². The Kier molecular flexibility index (Phi) is 4.37. The molecule has 0 aliphatic rings. The topological polar surface area (TPSA) is 59.4 Å². The van der Waals surface area contributed by atoms with Crippen molar-refractivity contribution in [2.45, 2.75) is 18.5 Å². The fourth-order valence-electron chi connectivity index (χ4n) is 1.10. The van der Waals surface area contributed by atoms with Gasteiger partial charge in [0.1, 0.15) is 5.02 Å². The summed E-state index contributed by atoms with van der Waals surface area (Å²) in [5.74, 6) is -2.93. The van der Waals surface area contributed by atoms with Crippen LogP contribution in [0.25, 0.3) is 0 Å². The Labute approximate surface area is 111 Å². The fraction of sp³-hybridized carbons (Fsp3) is 0.333. The second kappa shape index (κ2) is 5.35. The van der Waals surface area contributed by atoms with Crippen molar-refractivity contribution >= 4 is 17.6 Å². The number of carbonyl (C=O) groups is 1. The summed E-state index contributed by atoms with van der Waals surface area (Å²) in [6.07, 6.45) is -15.0. The third-order valence-corrected chi connectivity index (χ3v) is 2.28. The second-order valence-corrected chi connectivity index (χ2v) is 3.74. The molecular weight excluding hydrogens is 320 g/mol. The van der Waals surface area contributed by atoms with Gasteiger partial charge in [0.25, 0.3) is 6.10 Å². The molecule has 11 heteroatoms. The number of halogens is 7. The van der Waals surface area contributed by atoms with E-state index in [1.807, 2.05) is 0 Å². The molecule has 1 rings (SSSR count). The Bertz CT molecular complexity index is 501. The van der Waals surface area contributed by atoms with E-state index in [2.05, 4.69) is 9.72 Å². The Balaban J connectivity index is 3.20. The van der Waals surface area contributed by atoms with Crippen LogP contribution in [0.5, 0.6) is 5.88 Å². The molecule has 0 unspecified atom stereocenters. The van der Waals surface area contributed by atoms with Crippen molar-refractivity contribution in [3.8, 4) is 5.88 Å². The molecule has 112 valence electrons. The van der Waals surface area contributed by atoms with E-state index in [0.29, 0.717) is 6.20 Å². The molecule has 0 spiro atoms. The van der Waals surface area contributed by atoms with Gasteiger partial charge in [0.2, 0.25) is 5.88 Å². The van der Waals surface area contributed by atoms with Crippen molar-refractivity contribution in [1.82, 2.24) is 4.98 Å². The van der Waals surface area contributed by atoms with Gasteiger partial charge in [-0.25, -0.2) is 9.78 Å². The van der Waals surface area contributed by atoms with E-state index in [0.717, 1.165) is 6.07 Å². The van der Waals surface area contributed by atoms with Crippen LogP contribution < -0.4 is 4.74 Å². The maximum Gasteiger partial charge on any atom is 0.434 e. The first kappa shape index (κ1) is 16.3. The van der Waals surface area contributed by atoms with E-state index >= 15 is 0 Å². The zero-order chi connectivity index (χ0) is 15.7. The number of nitrogens with zero attached hydrogens (tertiary/aromatic N) is 1. The number of aromatic nitrogens is 1. The largest absolute Gasteiger partial charge is 0.478 e. The normalized spacial score (nSPS) is 12.6. The minimum atomic E-state index is -5.76. The molecule has 0 aliphatic heterocycles. The molecule has 0 amide bonds. The highest BCUT2D eigenvalue weighted by Gasteiger charge is 2.59. The Morgan fingerprint density at radius 1 is 1.25 bits per heavy atom. The van der Waals surface area contributed by atoms with Gasteiger partial charge < -0.3 is 9.84 Å². The van der Waals surface area contributed by atoms with Gasteiger partial charge in [-0.15, -0.1) is 0 Å². The summed E-state index contributed by atoms with van der Waals surface area (Å²) in [7, 11) is 0.